The number of benzene rings is 1. The molecular weight excluding hydrogens is 292 g/mol. The number of carbonyl (C=O) groups is 1. The van der Waals surface area contributed by atoms with Crippen LogP contribution in [-0.4, -0.2) is 29.8 Å². The Morgan fingerprint density at radius 3 is 1.95 bits per heavy atom. The van der Waals surface area contributed by atoms with Crippen molar-refractivity contribution in [3.8, 4) is 0 Å². The Labute approximate surface area is 125 Å². The molecule has 118 valence electrons. The molecule has 1 saturated carbocycles. The second kappa shape index (κ2) is 6.03. The minimum Gasteiger partial charge on any atom is -0.480 e. The third kappa shape index (κ3) is 4.71. The fourth-order valence-electron chi connectivity index (χ4n) is 1.66. The number of sulfonamides is 1. The molecular formula is C14H22N2O4S. The van der Waals surface area contributed by atoms with Crippen LogP contribution < -0.4 is 10.5 Å². The standard InChI is InChI=1S/C8H15NO4S.C6H7N/c1-7(2,3)9-14(12,13)8(4-5-8)6(10)11;7-6-4-2-1-3-5-6/h9H,4-5H2,1-3H3,(H,10,11);1-5H,7H2. The van der Waals surface area contributed by atoms with Gasteiger partial charge in [-0.2, -0.15) is 0 Å². The summed E-state index contributed by atoms with van der Waals surface area (Å²) in [7, 11) is -3.76. The SMILES string of the molecule is CC(C)(C)NS(=O)(=O)C1(C(=O)O)CC1.Nc1ccccc1. The molecule has 4 N–H and O–H groups in total. The van der Waals surface area contributed by atoms with E-state index in [4.69, 9.17) is 10.8 Å². The van der Waals surface area contributed by atoms with Crippen LogP contribution in [0.3, 0.4) is 0 Å². The summed E-state index contributed by atoms with van der Waals surface area (Å²) in [6, 6.07) is 9.49. The highest BCUT2D eigenvalue weighted by Gasteiger charge is 2.62. The minimum atomic E-state index is -3.76. The summed E-state index contributed by atoms with van der Waals surface area (Å²) in [5.74, 6) is -1.26. The van der Waals surface area contributed by atoms with Gasteiger partial charge < -0.3 is 10.8 Å². The molecule has 0 spiro atoms. The molecule has 0 aromatic heterocycles. The Balaban J connectivity index is 0.000000262. The fraction of sp³-hybridized carbons (Fsp3) is 0.500. The molecule has 1 fully saturated rings. The molecule has 6 nitrogen and oxygen atoms in total. The van der Waals surface area contributed by atoms with Gasteiger partial charge in [0.15, 0.2) is 4.75 Å². The average molecular weight is 314 g/mol. The van der Waals surface area contributed by atoms with Crippen molar-refractivity contribution in [1.29, 1.82) is 0 Å². The average Bonchev–Trinajstić information content (AvgIpc) is 3.08. The lowest BCUT2D eigenvalue weighted by molar-refractivity contribution is -0.137. The second-order valence-corrected chi connectivity index (χ2v) is 8.06. The first kappa shape index (κ1) is 17.5. The summed E-state index contributed by atoms with van der Waals surface area (Å²) in [6.45, 7) is 5.05. The summed E-state index contributed by atoms with van der Waals surface area (Å²) in [6.07, 6.45) is 0.404. The number of aliphatic carboxylic acids is 1. The van der Waals surface area contributed by atoms with Crippen LogP contribution in [0.5, 0.6) is 0 Å². The highest BCUT2D eigenvalue weighted by Crippen LogP contribution is 2.43. The molecule has 0 atom stereocenters. The van der Waals surface area contributed by atoms with Crippen LogP contribution in [0.15, 0.2) is 30.3 Å². The second-order valence-electron chi connectivity index (χ2n) is 6.07. The van der Waals surface area contributed by atoms with Gasteiger partial charge in [0, 0.05) is 11.2 Å². The molecule has 0 heterocycles. The molecule has 1 aliphatic rings. The van der Waals surface area contributed by atoms with E-state index >= 15 is 0 Å². The highest BCUT2D eigenvalue weighted by molar-refractivity contribution is 7.92. The maximum Gasteiger partial charge on any atom is 0.326 e. The summed E-state index contributed by atoms with van der Waals surface area (Å²) < 4.78 is 24.2. The van der Waals surface area contributed by atoms with Crippen LogP contribution in [0, 0.1) is 0 Å². The lowest BCUT2D eigenvalue weighted by Crippen LogP contribution is -2.49. The first-order chi connectivity index (χ1) is 9.50. The predicted octanol–water partition coefficient (Wildman–Crippen LogP) is 1.59. The van der Waals surface area contributed by atoms with Crippen LogP contribution in [-0.2, 0) is 14.8 Å². The van der Waals surface area contributed by atoms with E-state index in [0.717, 1.165) is 5.69 Å². The van der Waals surface area contributed by atoms with E-state index in [0.29, 0.717) is 0 Å². The van der Waals surface area contributed by atoms with Crippen molar-refractivity contribution < 1.29 is 18.3 Å². The number of carboxylic acids is 1. The van der Waals surface area contributed by atoms with Gasteiger partial charge in [-0.3, -0.25) is 4.79 Å². The molecule has 7 heteroatoms. The zero-order valence-corrected chi connectivity index (χ0v) is 13.3. The lowest BCUT2D eigenvalue weighted by Gasteiger charge is -2.23. The number of hydrogen-bond donors (Lipinski definition) is 3. The fourth-order valence-corrected chi connectivity index (χ4v) is 3.54. The van der Waals surface area contributed by atoms with E-state index in [1.54, 1.807) is 20.8 Å². The third-order valence-electron chi connectivity index (χ3n) is 2.85. The molecule has 0 saturated heterocycles. The van der Waals surface area contributed by atoms with E-state index in [-0.39, 0.29) is 12.8 Å². The molecule has 0 radical (unpaired) electrons. The van der Waals surface area contributed by atoms with Crippen LogP contribution in [0.2, 0.25) is 0 Å². The Morgan fingerprint density at radius 2 is 1.71 bits per heavy atom. The van der Waals surface area contributed by atoms with Crippen molar-refractivity contribution in [2.75, 3.05) is 5.73 Å². The highest BCUT2D eigenvalue weighted by atomic mass is 32.2. The Hall–Kier alpha value is -1.60. The van der Waals surface area contributed by atoms with E-state index < -0.39 is 26.3 Å². The number of para-hydroxylation sites is 1. The van der Waals surface area contributed by atoms with Gasteiger partial charge in [-0.05, 0) is 45.7 Å². The van der Waals surface area contributed by atoms with Crippen LogP contribution in [0.4, 0.5) is 5.69 Å². The zero-order chi connectivity index (χ0) is 16.3. The molecule has 1 aliphatic carbocycles. The number of nitrogens with one attached hydrogen (secondary N) is 1. The number of anilines is 1. The molecule has 0 bridgehead atoms. The first-order valence-corrected chi connectivity index (χ1v) is 8.06. The molecule has 0 unspecified atom stereocenters. The third-order valence-corrected chi connectivity index (χ3v) is 5.34. The summed E-state index contributed by atoms with van der Waals surface area (Å²) >= 11 is 0. The number of carboxylic acid groups (broad SMARTS) is 1. The summed E-state index contributed by atoms with van der Waals surface area (Å²) in [5, 5.41) is 8.82. The maximum atomic E-state index is 11.7. The van der Waals surface area contributed by atoms with Crippen molar-refractivity contribution in [1.82, 2.24) is 4.72 Å². The topological polar surface area (TPSA) is 109 Å². The quantitative estimate of drug-likeness (QED) is 0.734. The van der Waals surface area contributed by atoms with Gasteiger partial charge in [-0.1, -0.05) is 18.2 Å². The number of nitrogen functional groups attached to an aromatic ring is 1. The largest absolute Gasteiger partial charge is 0.480 e. The van der Waals surface area contributed by atoms with Crippen molar-refractivity contribution in [2.45, 2.75) is 43.9 Å². The maximum absolute atomic E-state index is 11.7. The normalized spacial score (nSPS) is 16.5. The van der Waals surface area contributed by atoms with Gasteiger partial charge >= 0.3 is 5.97 Å². The van der Waals surface area contributed by atoms with Gasteiger partial charge in [-0.25, -0.2) is 13.1 Å². The number of nitrogens with two attached hydrogens (primary N) is 1. The predicted molar refractivity (Wildman–Crippen MR) is 82.3 cm³/mol. The van der Waals surface area contributed by atoms with E-state index in [9.17, 15) is 13.2 Å². The van der Waals surface area contributed by atoms with E-state index in [2.05, 4.69) is 4.72 Å². The Bertz CT molecular complexity index is 587. The zero-order valence-electron chi connectivity index (χ0n) is 12.5. The van der Waals surface area contributed by atoms with Gasteiger partial charge in [-0.15, -0.1) is 0 Å². The van der Waals surface area contributed by atoms with E-state index in [1.165, 1.54) is 0 Å². The van der Waals surface area contributed by atoms with Gasteiger partial charge in [0.25, 0.3) is 0 Å². The van der Waals surface area contributed by atoms with Gasteiger partial charge in [0.2, 0.25) is 10.0 Å². The smallest absolute Gasteiger partial charge is 0.326 e. The Morgan fingerprint density at radius 1 is 1.24 bits per heavy atom. The summed E-state index contributed by atoms with van der Waals surface area (Å²) in [5.41, 5.74) is 5.54. The molecule has 2 rings (SSSR count). The molecule has 0 aliphatic heterocycles. The molecule has 21 heavy (non-hydrogen) atoms. The van der Waals surface area contributed by atoms with Crippen LogP contribution >= 0.6 is 0 Å². The Kier molecular flexibility index (Phi) is 5.01. The van der Waals surface area contributed by atoms with Gasteiger partial charge in [0.05, 0.1) is 0 Å². The van der Waals surface area contributed by atoms with Crippen molar-refractivity contribution >= 4 is 21.7 Å². The summed E-state index contributed by atoms with van der Waals surface area (Å²) in [4.78, 5) is 10.8. The molecule has 1 aromatic carbocycles. The monoisotopic (exact) mass is 314 g/mol. The van der Waals surface area contributed by atoms with Crippen molar-refractivity contribution in [3.63, 3.8) is 0 Å². The lowest BCUT2D eigenvalue weighted by atomic mass is 10.1. The first-order valence-electron chi connectivity index (χ1n) is 6.58. The van der Waals surface area contributed by atoms with E-state index in [1.807, 2.05) is 30.3 Å². The van der Waals surface area contributed by atoms with Crippen molar-refractivity contribution in [2.24, 2.45) is 0 Å². The number of rotatable bonds is 3. The molecule has 0 amide bonds. The van der Waals surface area contributed by atoms with Crippen LogP contribution in [0.1, 0.15) is 33.6 Å². The minimum absolute atomic E-state index is 0.202. The van der Waals surface area contributed by atoms with Crippen molar-refractivity contribution in [3.05, 3.63) is 30.3 Å². The number of hydrogen-bond acceptors (Lipinski definition) is 4. The van der Waals surface area contributed by atoms with Gasteiger partial charge in [0.1, 0.15) is 0 Å². The molecule has 1 aromatic rings. The van der Waals surface area contributed by atoms with Crippen LogP contribution in [0.25, 0.3) is 0 Å².